The Balaban J connectivity index is 3.26. The fourth-order valence-corrected chi connectivity index (χ4v) is 2.03. The van der Waals surface area contributed by atoms with Crippen molar-refractivity contribution >= 4 is 0 Å². The van der Waals surface area contributed by atoms with E-state index in [0.29, 0.717) is 0 Å². The average Bonchev–Trinajstić information content (AvgIpc) is 2.29. The van der Waals surface area contributed by atoms with Crippen molar-refractivity contribution in [2.45, 2.75) is 91.4 Å². The number of hydrogen-bond acceptors (Lipinski definition) is 0. The minimum Gasteiger partial charge on any atom is -0.0856 e. The Morgan fingerprint density at radius 3 is 1.94 bits per heavy atom. The first-order valence-electron chi connectivity index (χ1n) is 7.46. The van der Waals surface area contributed by atoms with E-state index < -0.39 is 0 Å². The summed E-state index contributed by atoms with van der Waals surface area (Å²) in [5.41, 5.74) is 1.62. The standard InChI is InChI=1S/C16H32/c1-4-6-8-10-11-13-15-16(3)14-12-9-7-5-2/h15H,4-14H2,1-3H3/b16-15-. The molecule has 0 fully saturated rings. The van der Waals surface area contributed by atoms with Gasteiger partial charge in [0.25, 0.3) is 0 Å². The predicted molar refractivity (Wildman–Crippen MR) is 75.9 cm³/mol. The molecule has 0 aliphatic rings. The number of unbranched alkanes of at least 4 members (excludes halogenated alkanes) is 8. The summed E-state index contributed by atoms with van der Waals surface area (Å²) >= 11 is 0. The maximum absolute atomic E-state index is 2.47. The van der Waals surface area contributed by atoms with Gasteiger partial charge in [-0.25, -0.2) is 0 Å². The minimum absolute atomic E-state index is 1.31. The second kappa shape index (κ2) is 12.8. The Labute approximate surface area is 104 Å². The lowest BCUT2D eigenvalue weighted by Crippen LogP contribution is -1.81. The van der Waals surface area contributed by atoms with Gasteiger partial charge in [-0.05, 0) is 32.6 Å². The van der Waals surface area contributed by atoms with Crippen LogP contribution in [0.3, 0.4) is 0 Å². The van der Waals surface area contributed by atoms with E-state index >= 15 is 0 Å². The van der Waals surface area contributed by atoms with Crippen LogP contribution in [0.1, 0.15) is 91.4 Å². The SMILES string of the molecule is CCCCCCC/C=C(/C)CCCCCC. The smallest absolute Gasteiger partial charge is 0.0323 e. The fraction of sp³-hybridized carbons (Fsp3) is 0.875. The van der Waals surface area contributed by atoms with Gasteiger partial charge in [-0.2, -0.15) is 0 Å². The second-order valence-electron chi connectivity index (χ2n) is 5.06. The van der Waals surface area contributed by atoms with Gasteiger partial charge in [-0.15, -0.1) is 0 Å². The van der Waals surface area contributed by atoms with Gasteiger partial charge in [0, 0.05) is 0 Å². The largest absolute Gasteiger partial charge is 0.0856 e. The van der Waals surface area contributed by atoms with Crippen LogP contribution in [0.15, 0.2) is 11.6 Å². The lowest BCUT2D eigenvalue weighted by Gasteiger charge is -2.02. The van der Waals surface area contributed by atoms with Crippen LogP contribution in [0.5, 0.6) is 0 Å². The fourth-order valence-electron chi connectivity index (χ4n) is 2.03. The quantitative estimate of drug-likeness (QED) is 0.287. The third-order valence-corrected chi connectivity index (χ3v) is 3.23. The molecule has 0 aliphatic heterocycles. The Kier molecular flexibility index (Phi) is 12.6. The first kappa shape index (κ1) is 15.7. The molecular formula is C16H32. The van der Waals surface area contributed by atoms with Crippen molar-refractivity contribution < 1.29 is 0 Å². The maximum atomic E-state index is 2.47. The number of hydrogen-bond donors (Lipinski definition) is 0. The first-order valence-corrected chi connectivity index (χ1v) is 7.46. The summed E-state index contributed by atoms with van der Waals surface area (Å²) in [5, 5.41) is 0. The molecule has 0 bridgehead atoms. The zero-order valence-corrected chi connectivity index (χ0v) is 11.9. The van der Waals surface area contributed by atoms with E-state index in [1.807, 2.05) is 0 Å². The van der Waals surface area contributed by atoms with Gasteiger partial charge < -0.3 is 0 Å². The number of rotatable bonds is 11. The summed E-state index contributed by atoms with van der Waals surface area (Å²) in [6.07, 6.45) is 17.7. The Hall–Kier alpha value is -0.260. The van der Waals surface area contributed by atoms with Crippen LogP contribution in [0.4, 0.5) is 0 Å². The maximum Gasteiger partial charge on any atom is -0.0323 e. The van der Waals surface area contributed by atoms with E-state index in [1.54, 1.807) is 5.57 Å². The van der Waals surface area contributed by atoms with E-state index in [1.165, 1.54) is 70.6 Å². The molecule has 0 atom stereocenters. The molecule has 0 heterocycles. The Bertz CT molecular complexity index is 155. The van der Waals surface area contributed by atoms with Crippen LogP contribution in [0.25, 0.3) is 0 Å². The van der Waals surface area contributed by atoms with Crippen LogP contribution in [0.2, 0.25) is 0 Å². The summed E-state index contributed by atoms with van der Waals surface area (Å²) in [6, 6.07) is 0. The Morgan fingerprint density at radius 2 is 1.31 bits per heavy atom. The molecule has 0 aromatic carbocycles. The van der Waals surface area contributed by atoms with Crippen molar-refractivity contribution in [2.75, 3.05) is 0 Å². The molecule has 0 nitrogen and oxygen atoms in total. The molecule has 0 rings (SSSR count). The van der Waals surface area contributed by atoms with Crippen molar-refractivity contribution in [1.29, 1.82) is 0 Å². The van der Waals surface area contributed by atoms with Gasteiger partial charge in [0.2, 0.25) is 0 Å². The van der Waals surface area contributed by atoms with Gasteiger partial charge in [0.15, 0.2) is 0 Å². The zero-order valence-electron chi connectivity index (χ0n) is 11.9. The summed E-state index contributed by atoms with van der Waals surface area (Å²) in [7, 11) is 0. The molecule has 0 saturated carbocycles. The van der Waals surface area contributed by atoms with E-state index in [9.17, 15) is 0 Å². The molecule has 0 N–H and O–H groups in total. The zero-order chi connectivity index (χ0) is 12.1. The molecule has 0 amide bonds. The van der Waals surface area contributed by atoms with Crippen LogP contribution in [-0.2, 0) is 0 Å². The third-order valence-electron chi connectivity index (χ3n) is 3.23. The van der Waals surface area contributed by atoms with Crippen molar-refractivity contribution in [3.63, 3.8) is 0 Å². The predicted octanol–water partition coefficient (Wildman–Crippen LogP) is 6.26. The summed E-state index contributed by atoms with van der Waals surface area (Å²) in [5.74, 6) is 0. The summed E-state index contributed by atoms with van der Waals surface area (Å²) < 4.78 is 0. The molecule has 96 valence electrons. The molecular weight excluding hydrogens is 192 g/mol. The topological polar surface area (TPSA) is 0 Å². The van der Waals surface area contributed by atoms with Crippen LogP contribution in [-0.4, -0.2) is 0 Å². The van der Waals surface area contributed by atoms with Gasteiger partial charge >= 0.3 is 0 Å². The first-order chi connectivity index (χ1) is 7.81. The molecule has 0 spiro atoms. The van der Waals surface area contributed by atoms with Gasteiger partial charge in [-0.1, -0.05) is 70.4 Å². The van der Waals surface area contributed by atoms with Crippen LogP contribution >= 0.6 is 0 Å². The van der Waals surface area contributed by atoms with Gasteiger partial charge in [-0.3, -0.25) is 0 Å². The molecule has 16 heavy (non-hydrogen) atoms. The number of allylic oxidation sites excluding steroid dienone is 2. The summed E-state index contributed by atoms with van der Waals surface area (Å²) in [6.45, 7) is 6.86. The monoisotopic (exact) mass is 224 g/mol. The van der Waals surface area contributed by atoms with Crippen molar-refractivity contribution in [3.8, 4) is 0 Å². The van der Waals surface area contributed by atoms with E-state index in [0.717, 1.165) is 0 Å². The lowest BCUT2D eigenvalue weighted by atomic mass is 10.1. The molecule has 0 aliphatic carbocycles. The van der Waals surface area contributed by atoms with Crippen molar-refractivity contribution in [3.05, 3.63) is 11.6 Å². The van der Waals surface area contributed by atoms with Gasteiger partial charge in [0.1, 0.15) is 0 Å². The minimum atomic E-state index is 1.31. The van der Waals surface area contributed by atoms with E-state index in [4.69, 9.17) is 0 Å². The van der Waals surface area contributed by atoms with Crippen molar-refractivity contribution in [1.82, 2.24) is 0 Å². The van der Waals surface area contributed by atoms with E-state index in [2.05, 4.69) is 26.8 Å². The lowest BCUT2D eigenvalue weighted by molar-refractivity contribution is 0.633. The normalized spacial score (nSPS) is 12.1. The molecule has 0 unspecified atom stereocenters. The molecule has 0 saturated heterocycles. The Morgan fingerprint density at radius 1 is 0.750 bits per heavy atom. The third kappa shape index (κ3) is 11.8. The second-order valence-corrected chi connectivity index (χ2v) is 5.06. The average molecular weight is 224 g/mol. The van der Waals surface area contributed by atoms with Gasteiger partial charge in [0.05, 0.1) is 0 Å². The highest BCUT2D eigenvalue weighted by Crippen LogP contribution is 2.12. The van der Waals surface area contributed by atoms with Crippen LogP contribution in [0, 0.1) is 0 Å². The van der Waals surface area contributed by atoms with E-state index in [-0.39, 0.29) is 0 Å². The molecule has 0 radical (unpaired) electrons. The summed E-state index contributed by atoms with van der Waals surface area (Å²) in [4.78, 5) is 0. The van der Waals surface area contributed by atoms with Crippen LogP contribution < -0.4 is 0 Å². The molecule has 0 aromatic rings. The van der Waals surface area contributed by atoms with Crippen molar-refractivity contribution in [2.24, 2.45) is 0 Å². The molecule has 0 heteroatoms. The highest BCUT2D eigenvalue weighted by molar-refractivity contribution is 4.97. The highest BCUT2D eigenvalue weighted by Gasteiger charge is 1.92. The molecule has 0 aromatic heterocycles. The highest BCUT2D eigenvalue weighted by atomic mass is 14.0.